The van der Waals surface area contributed by atoms with Crippen molar-refractivity contribution in [1.29, 1.82) is 0 Å². The van der Waals surface area contributed by atoms with Gasteiger partial charge in [-0.1, -0.05) is 19.9 Å². The number of rotatable bonds is 1. The summed E-state index contributed by atoms with van der Waals surface area (Å²) in [4.78, 5) is 14.0. The number of nitrogen functional groups attached to an aromatic ring is 1. The predicted molar refractivity (Wildman–Crippen MR) is 68.7 cm³/mol. The summed E-state index contributed by atoms with van der Waals surface area (Å²) < 4.78 is 0. The maximum Gasteiger partial charge on any atom is 0.254 e. The third-order valence-corrected chi connectivity index (χ3v) is 3.26. The molecule has 0 bridgehead atoms. The number of nitrogens with zero attached hydrogens (tertiary/aromatic N) is 1. The third kappa shape index (κ3) is 2.76. The molecule has 4 radical (unpaired) electrons. The van der Waals surface area contributed by atoms with Crippen LogP contribution in [0.5, 0.6) is 0 Å². The summed E-state index contributed by atoms with van der Waals surface area (Å²) in [6.45, 7) is 7.86. The molecule has 1 aromatic carbocycles. The molecule has 1 aliphatic rings. The van der Waals surface area contributed by atoms with Gasteiger partial charge in [0, 0.05) is 57.6 Å². The van der Waals surface area contributed by atoms with E-state index < -0.39 is 0 Å². The van der Waals surface area contributed by atoms with Crippen LogP contribution in [0.1, 0.15) is 36.7 Å². The molecule has 0 spiro atoms. The Bertz CT molecular complexity index is 443. The van der Waals surface area contributed by atoms with Crippen molar-refractivity contribution in [1.82, 2.24) is 4.90 Å². The number of hydrogen-bond donors (Lipinski definition) is 1. The van der Waals surface area contributed by atoms with Crippen molar-refractivity contribution < 1.29 is 25.2 Å². The standard InChI is InChI=1S/C13H18N2O.C.Pd/c1-4-15-8-13(2,3)11-6-5-9(14)7-10(11)12(15)16;;/h5-7H,4,8,14H2,1-3H3;;. The Morgan fingerprint density at radius 3 is 2.56 bits per heavy atom. The largest absolute Gasteiger partial charge is 0.399 e. The van der Waals surface area contributed by atoms with E-state index in [1.807, 2.05) is 24.0 Å². The van der Waals surface area contributed by atoms with E-state index in [2.05, 4.69) is 13.8 Å². The molecule has 0 atom stereocenters. The van der Waals surface area contributed by atoms with E-state index >= 15 is 0 Å². The second kappa shape index (κ2) is 5.86. The average molecular weight is 337 g/mol. The van der Waals surface area contributed by atoms with E-state index in [1.54, 1.807) is 6.07 Å². The first kappa shape index (κ1) is 17.2. The Hall–Kier alpha value is -0.848. The number of nitrogens with two attached hydrogens (primary N) is 1. The second-order valence-corrected chi connectivity index (χ2v) is 5.01. The van der Waals surface area contributed by atoms with Gasteiger partial charge in [-0.05, 0) is 24.6 Å². The van der Waals surface area contributed by atoms with Gasteiger partial charge >= 0.3 is 0 Å². The third-order valence-electron chi connectivity index (χ3n) is 3.26. The Balaban J connectivity index is 0.00000144. The van der Waals surface area contributed by atoms with Crippen LogP contribution in [-0.2, 0) is 25.8 Å². The number of anilines is 1. The Kier molecular flexibility index (Phi) is 5.59. The zero-order valence-electron chi connectivity index (χ0n) is 10.9. The molecular formula is C14H18N2OPd. The van der Waals surface area contributed by atoms with Crippen LogP contribution in [0, 0.1) is 7.43 Å². The summed E-state index contributed by atoms with van der Waals surface area (Å²) in [7, 11) is 0. The fraction of sp³-hybridized carbons (Fsp3) is 0.429. The van der Waals surface area contributed by atoms with E-state index in [1.165, 1.54) is 0 Å². The van der Waals surface area contributed by atoms with Gasteiger partial charge in [-0.15, -0.1) is 0 Å². The van der Waals surface area contributed by atoms with E-state index in [9.17, 15) is 4.79 Å². The SMILES string of the molecule is CCN1CC(C)(C)c2ccc(N)cc2C1=O.[C].[Pd]. The van der Waals surface area contributed by atoms with E-state index in [-0.39, 0.29) is 39.2 Å². The first-order valence-corrected chi connectivity index (χ1v) is 5.65. The fourth-order valence-corrected chi connectivity index (χ4v) is 2.39. The van der Waals surface area contributed by atoms with Gasteiger partial charge in [0.25, 0.3) is 5.91 Å². The molecule has 18 heavy (non-hydrogen) atoms. The Morgan fingerprint density at radius 1 is 1.39 bits per heavy atom. The van der Waals surface area contributed by atoms with Gasteiger partial charge in [0.15, 0.2) is 0 Å². The maximum atomic E-state index is 12.2. The van der Waals surface area contributed by atoms with Crippen molar-refractivity contribution >= 4 is 11.6 Å². The Labute approximate surface area is 123 Å². The topological polar surface area (TPSA) is 46.3 Å². The molecule has 100 valence electrons. The molecule has 0 fully saturated rings. The summed E-state index contributed by atoms with van der Waals surface area (Å²) in [5, 5.41) is 0. The number of fused-ring (bicyclic) bond motifs is 1. The zero-order valence-corrected chi connectivity index (χ0v) is 12.4. The number of hydrogen-bond acceptors (Lipinski definition) is 2. The summed E-state index contributed by atoms with van der Waals surface area (Å²) in [5.41, 5.74) is 8.28. The molecule has 1 amide bonds. The van der Waals surface area contributed by atoms with Gasteiger partial charge in [0.1, 0.15) is 0 Å². The van der Waals surface area contributed by atoms with E-state index in [4.69, 9.17) is 5.73 Å². The summed E-state index contributed by atoms with van der Waals surface area (Å²) in [6.07, 6.45) is 0. The number of carbonyl (C=O) groups is 1. The van der Waals surface area contributed by atoms with Crippen LogP contribution in [0.2, 0.25) is 0 Å². The number of amides is 1. The molecule has 0 unspecified atom stereocenters. The van der Waals surface area contributed by atoms with Gasteiger partial charge < -0.3 is 10.6 Å². The minimum atomic E-state index is 0. The normalized spacial score (nSPS) is 16.4. The molecule has 0 saturated carbocycles. The fourth-order valence-electron chi connectivity index (χ4n) is 2.39. The van der Waals surface area contributed by atoms with Gasteiger partial charge in [-0.2, -0.15) is 0 Å². The molecule has 1 aromatic rings. The van der Waals surface area contributed by atoms with Crippen molar-refractivity contribution in [2.45, 2.75) is 26.2 Å². The molecule has 0 saturated heterocycles. The molecule has 1 aliphatic heterocycles. The van der Waals surface area contributed by atoms with Gasteiger partial charge in [0.2, 0.25) is 0 Å². The predicted octanol–water partition coefficient (Wildman–Crippen LogP) is 2.10. The van der Waals surface area contributed by atoms with Crippen LogP contribution in [0.25, 0.3) is 0 Å². The molecule has 3 nitrogen and oxygen atoms in total. The van der Waals surface area contributed by atoms with Crippen LogP contribution < -0.4 is 5.73 Å². The summed E-state index contributed by atoms with van der Waals surface area (Å²) in [5.74, 6) is 0.101. The minimum Gasteiger partial charge on any atom is -0.399 e. The number of carbonyl (C=O) groups excluding carboxylic acids is 1. The Morgan fingerprint density at radius 2 is 2.00 bits per heavy atom. The van der Waals surface area contributed by atoms with Crippen LogP contribution in [0.4, 0.5) is 5.69 Å². The van der Waals surface area contributed by atoms with Crippen molar-refractivity contribution in [3.05, 3.63) is 36.8 Å². The summed E-state index contributed by atoms with van der Waals surface area (Å²) in [6, 6.07) is 5.65. The quantitative estimate of drug-likeness (QED) is 0.630. The van der Waals surface area contributed by atoms with E-state index in [0.717, 1.165) is 24.2 Å². The van der Waals surface area contributed by atoms with Crippen LogP contribution in [-0.4, -0.2) is 23.9 Å². The van der Waals surface area contributed by atoms with Crippen molar-refractivity contribution in [2.75, 3.05) is 18.8 Å². The van der Waals surface area contributed by atoms with Gasteiger partial charge in [-0.3, -0.25) is 4.79 Å². The first-order chi connectivity index (χ1) is 7.45. The molecule has 0 aromatic heterocycles. The minimum absolute atomic E-state index is 0. The van der Waals surface area contributed by atoms with Crippen LogP contribution in [0.3, 0.4) is 0 Å². The molecular weight excluding hydrogens is 319 g/mol. The monoisotopic (exact) mass is 336 g/mol. The first-order valence-electron chi connectivity index (χ1n) is 5.65. The molecule has 2 N–H and O–H groups in total. The maximum absolute atomic E-state index is 12.2. The van der Waals surface area contributed by atoms with Gasteiger partial charge in [0.05, 0.1) is 0 Å². The molecule has 2 rings (SSSR count). The second-order valence-electron chi connectivity index (χ2n) is 5.01. The zero-order chi connectivity index (χ0) is 11.9. The smallest absolute Gasteiger partial charge is 0.254 e. The molecule has 0 aliphatic carbocycles. The van der Waals surface area contributed by atoms with E-state index in [0.29, 0.717) is 5.69 Å². The molecule has 4 heteroatoms. The number of benzene rings is 1. The van der Waals surface area contributed by atoms with Crippen LogP contribution >= 0.6 is 0 Å². The summed E-state index contributed by atoms with van der Waals surface area (Å²) >= 11 is 0. The van der Waals surface area contributed by atoms with Gasteiger partial charge in [-0.25, -0.2) is 0 Å². The van der Waals surface area contributed by atoms with Crippen molar-refractivity contribution in [2.24, 2.45) is 0 Å². The van der Waals surface area contributed by atoms with Crippen LogP contribution in [0.15, 0.2) is 18.2 Å². The molecule has 1 heterocycles. The van der Waals surface area contributed by atoms with Crippen molar-refractivity contribution in [3.8, 4) is 0 Å². The average Bonchev–Trinajstić information content (AvgIpc) is 2.23. The number of likely N-dealkylation sites (N-methyl/N-ethyl adjacent to an activating group) is 1. The van der Waals surface area contributed by atoms with Crippen molar-refractivity contribution in [3.63, 3.8) is 0 Å².